The fraction of sp³-hybridized carbons (Fsp3) is 0.273. The third kappa shape index (κ3) is 2.87. The molecule has 0 aliphatic rings. The molecule has 0 amide bonds. The van der Waals surface area contributed by atoms with Crippen LogP contribution in [0.5, 0.6) is 0 Å². The van der Waals surface area contributed by atoms with Gasteiger partial charge in [0.05, 0.1) is 28.2 Å². The number of alkyl halides is 3. The normalized spacial score (nSPS) is 11.8. The van der Waals surface area contributed by atoms with Crippen LogP contribution in [0, 0.1) is 0 Å². The van der Waals surface area contributed by atoms with Gasteiger partial charge in [0.25, 0.3) is 0 Å². The monoisotopic (exact) mass is 290 g/mol. The first-order chi connectivity index (χ1) is 8.93. The summed E-state index contributed by atoms with van der Waals surface area (Å²) in [6.45, 7) is 0.381. The highest BCUT2D eigenvalue weighted by Crippen LogP contribution is 2.33. The van der Waals surface area contributed by atoms with E-state index >= 15 is 0 Å². The summed E-state index contributed by atoms with van der Waals surface area (Å²) in [6, 6.07) is 3.08. The maximum atomic E-state index is 12.5. The van der Waals surface area contributed by atoms with Gasteiger partial charge in [0.1, 0.15) is 0 Å². The molecule has 0 radical (unpaired) electrons. The van der Waals surface area contributed by atoms with Crippen molar-refractivity contribution in [3.05, 3.63) is 40.7 Å². The van der Waals surface area contributed by atoms with Crippen LogP contribution in [0.3, 0.4) is 0 Å². The quantitative estimate of drug-likeness (QED) is 0.944. The zero-order valence-electron chi connectivity index (χ0n) is 9.65. The van der Waals surface area contributed by atoms with Crippen LogP contribution < -0.4 is 5.73 Å². The van der Waals surface area contributed by atoms with Crippen LogP contribution in [0.25, 0.3) is 5.69 Å². The van der Waals surface area contributed by atoms with E-state index in [2.05, 4.69) is 10.3 Å². The SMILES string of the molecule is NCCc1cnnn1-c1ccc(C(F)(F)F)cc1Cl. The lowest BCUT2D eigenvalue weighted by Gasteiger charge is -2.11. The molecule has 0 aliphatic heterocycles. The van der Waals surface area contributed by atoms with Crippen LogP contribution in [-0.2, 0) is 12.6 Å². The average Bonchev–Trinajstić information content (AvgIpc) is 2.76. The summed E-state index contributed by atoms with van der Waals surface area (Å²) in [5.74, 6) is 0. The highest BCUT2D eigenvalue weighted by molar-refractivity contribution is 6.32. The van der Waals surface area contributed by atoms with Crippen molar-refractivity contribution in [1.29, 1.82) is 0 Å². The van der Waals surface area contributed by atoms with Crippen molar-refractivity contribution in [1.82, 2.24) is 15.0 Å². The molecule has 2 aromatic rings. The zero-order chi connectivity index (χ0) is 14.0. The minimum Gasteiger partial charge on any atom is -0.330 e. The number of nitrogens with zero attached hydrogens (tertiary/aromatic N) is 3. The fourth-order valence-electron chi connectivity index (χ4n) is 1.63. The highest BCUT2D eigenvalue weighted by Gasteiger charge is 2.31. The summed E-state index contributed by atoms with van der Waals surface area (Å²) < 4.78 is 39.0. The van der Waals surface area contributed by atoms with Crippen LogP contribution in [0.1, 0.15) is 11.3 Å². The summed E-state index contributed by atoms with van der Waals surface area (Å²) in [6.07, 6.45) is -2.42. The Morgan fingerprint density at radius 3 is 2.63 bits per heavy atom. The Morgan fingerprint density at radius 1 is 1.32 bits per heavy atom. The molecule has 1 heterocycles. The summed E-state index contributed by atoms with van der Waals surface area (Å²) >= 11 is 5.88. The predicted molar refractivity (Wildman–Crippen MR) is 64.1 cm³/mol. The van der Waals surface area contributed by atoms with Gasteiger partial charge in [-0.3, -0.25) is 0 Å². The van der Waals surface area contributed by atoms with E-state index in [9.17, 15) is 13.2 Å². The first-order valence-electron chi connectivity index (χ1n) is 5.40. The molecule has 0 bridgehead atoms. The molecule has 8 heteroatoms. The minimum atomic E-state index is -4.43. The van der Waals surface area contributed by atoms with E-state index in [1.807, 2.05) is 0 Å². The topological polar surface area (TPSA) is 56.7 Å². The number of hydrogen-bond donors (Lipinski definition) is 1. The third-order valence-electron chi connectivity index (χ3n) is 2.52. The van der Waals surface area contributed by atoms with Gasteiger partial charge in [-0.1, -0.05) is 16.8 Å². The largest absolute Gasteiger partial charge is 0.416 e. The molecule has 0 spiro atoms. The summed E-state index contributed by atoms with van der Waals surface area (Å²) in [5.41, 5.74) is 5.66. The fourth-order valence-corrected chi connectivity index (χ4v) is 1.89. The lowest BCUT2D eigenvalue weighted by molar-refractivity contribution is -0.137. The van der Waals surface area contributed by atoms with E-state index in [-0.39, 0.29) is 5.02 Å². The average molecular weight is 291 g/mol. The minimum absolute atomic E-state index is 0.0430. The van der Waals surface area contributed by atoms with Gasteiger partial charge in [-0.05, 0) is 24.7 Å². The molecular weight excluding hydrogens is 281 g/mol. The van der Waals surface area contributed by atoms with Crippen LogP contribution in [0.15, 0.2) is 24.4 Å². The lowest BCUT2D eigenvalue weighted by atomic mass is 10.2. The third-order valence-corrected chi connectivity index (χ3v) is 2.83. The molecule has 4 nitrogen and oxygen atoms in total. The van der Waals surface area contributed by atoms with Gasteiger partial charge in [0.15, 0.2) is 0 Å². The molecule has 0 aliphatic carbocycles. The van der Waals surface area contributed by atoms with Gasteiger partial charge in [-0.25, -0.2) is 4.68 Å². The first kappa shape index (κ1) is 13.8. The summed E-state index contributed by atoms with van der Waals surface area (Å²) in [7, 11) is 0. The Balaban J connectivity index is 2.44. The molecule has 1 aromatic carbocycles. The van der Waals surface area contributed by atoms with E-state index in [4.69, 9.17) is 17.3 Å². The van der Waals surface area contributed by atoms with E-state index in [1.54, 1.807) is 0 Å². The Hall–Kier alpha value is -1.60. The van der Waals surface area contributed by atoms with Crippen molar-refractivity contribution in [2.75, 3.05) is 6.54 Å². The Kier molecular flexibility index (Phi) is 3.77. The molecule has 0 unspecified atom stereocenters. The molecule has 0 saturated carbocycles. The van der Waals surface area contributed by atoms with Gasteiger partial charge in [0, 0.05) is 6.42 Å². The van der Waals surface area contributed by atoms with E-state index in [1.165, 1.54) is 16.9 Å². The van der Waals surface area contributed by atoms with E-state index < -0.39 is 11.7 Å². The summed E-state index contributed by atoms with van der Waals surface area (Å²) in [4.78, 5) is 0. The van der Waals surface area contributed by atoms with Crippen molar-refractivity contribution in [3.8, 4) is 5.69 Å². The number of hydrogen-bond acceptors (Lipinski definition) is 3. The van der Waals surface area contributed by atoms with Crippen molar-refractivity contribution in [2.24, 2.45) is 5.73 Å². The van der Waals surface area contributed by atoms with Crippen LogP contribution >= 0.6 is 11.6 Å². The van der Waals surface area contributed by atoms with Crippen LogP contribution in [0.4, 0.5) is 13.2 Å². The number of rotatable bonds is 3. The Bertz CT molecular complexity index is 580. The highest BCUT2D eigenvalue weighted by atomic mass is 35.5. The smallest absolute Gasteiger partial charge is 0.330 e. The standard InChI is InChI=1S/C11H10ClF3N4/c12-9-5-7(11(13,14)15)1-2-10(9)19-8(3-4-16)6-17-18-19/h1-2,5-6H,3-4,16H2. The van der Waals surface area contributed by atoms with E-state index in [0.717, 1.165) is 12.1 Å². The van der Waals surface area contributed by atoms with Gasteiger partial charge in [-0.15, -0.1) is 5.10 Å². The number of aromatic nitrogens is 3. The van der Waals surface area contributed by atoms with Gasteiger partial charge >= 0.3 is 6.18 Å². The molecule has 2 N–H and O–H groups in total. The maximum Gasteiger partial charge on any atom is 0.416 e. The zero-order valence-corrected chi connectivity index (χ0v) is 10.4. The van der Waals surface area contributed by atoms with Crippen molar-refractivity contribution in [3.63, 3.8) is 0 Å². The second kappa shape index (κ2) is 5.18. The Labute approximate surface area is 112 Å². The maximum absolute atomic E-state index is 12.5. The molecular formula is C11H10ClF3N4. The molecule has 0 atom stereocenters. The molecule has 2 rings (SSSR count). The van der Waals surface area contributed by atoms with Crippen molar-refractivity contribution < 1.29 is 13.2 Å². The summed E-state index contributed by atoms with van der Waals surface area (Å²) in [5, 5.41) is 7.47. The van der Waals surface area contributed by atoms with Gasteiger partial charge in [0.2, 0.25) is 0 Å². The number of nitrogens with two attached hydrogens (primary N) is 1. The van der Waals surface area contributed by atoms with Gasteiger partial charge in [-0.2, -0.15) is 13.2 Å². The van der Waals surface area contributed by atoms with Gasteiger partial charge < -0.3 is 5.73 Å². The van der Waals surface area contributed by atoms with Crippen LogP contribution in [0.2, 0.25) is 5.02 Å². The number of benzene rings is 1. The second-order valence-electron chi connectivity index (χ2n) is 3.84. The molecule has 102 valence electrons. The molecule has 1 aromatic heterocycles. The number of halogens is 4. The lowest BCUT2D eigenvalue weighted by Crippen LogP contribution is -2.10. The van der Waals surface area contributed by atoms with E-state index in [0.29, 0.717) is 24.3 Å². The van der Waals surface area contributed by atoms with Crippen LogP contribution in [-0.4, -0.2) is 21.5 Å². The predicted octanol–water partition coefficient (Wildman–Crippen LogP) is 2.44. The van der Waals surface area contributed by atoms with Crippen molar-refractivity contribution in [2.45, 2.75) is 12.6 Å². The van der Waals surface area contributed by atoms with Crippen molar-refractivity contribution >= 4 is 11.6 Å². The Morgan fingerprint density at radius 2 is 2.05 bits per heavy atom. The molecule has 0 saturated heterocycles. The molecule has 19 heavy (non-hydrogen) atoms. The second-order valence-corrected chi connectivity index (χ2v) is 4.25. The molecule has 0 fully saturated rings. The first-order valence-corrected chi connectivity index (χ1v) is 5.78.